The summed E-state index contributed by atoms with van der Waals surface area (Å²) in [6.07, 6.45) is 0. The summed E-state index contributed by atoms with van der Waals surface area (Å²) >= 11 is 2.95. The second-order valence-corrected chi connectivity index (χ2v) is 8.59. The van der Waals surface area contributed by atoms with Crippen molar-refractivity contribution in [1.29, 1.82) is 0 Å². The minimum absolute atomic E-state index is 0.00595. The average Bonchev–Trinajstić information content (AvgIpc) is 2.59. The van der Waals surface area contributed by atoms with Gasteiger partial charge in [-0.05, 0) is 28.1 Å². The van der Waals surface area contributed by atoms with Crippen molar-refractivity contribution in [2.24, 2.45) is 0 Å². The lowest BCUT2D eigenvalue weighted by molar-refractivity contribution is 0.583. The van der Waals surface area contributed by atoms with E-state index in [1.54, 1.807) is 60.7 Å². The molecule has 23 heavy (non-hydrogen) atoms. The molecule has 0 unspecified atom stereocenters. The highest BCUT2D eigenvalue weighted by Gasteiger charge is 2.33. The zero-order valence-corrected chi connectivity index (χ0v) is 14.4. The molecule has 0 heterocycles. The average molecular weight is 393 g/mol. The second-order valence-electron chi connectivity index (χ2n) is 5.00. The summed E-state index contributed by atoms with van der Waals surface area (Å²) in [5.74, 6) is -1.34. The Labute approximate surface area is 141 Å². The molecule has 0 aromatic heterocycles. The number of rotatable bonds is 3. The molecule has 0 spiro atoms. The quantitative estimate of drug-likeness (QED) is 0.477. The number of benzene rings is 3. The molecule has 3 rings (SSSR count). The summed E-state index contributed by atoms with van der Waals surface area (Å²) < 4.78 is 42.4. The van der Waals surface area contributed by atoms with Gasteiger partial charge in [-0.25, -0.2) is 8.78 Å². The normalized spacial score (nSPS) is 11.4. The molecule has 0 saturated heterocycles. The van der Waals surface area contributed by atoms with E-state index in [4.69, 9.17) is 0 Å². The second kappa shape index (κ2) is 6.38. The van der Waals surface area contributed by atoms with Crippen LogP contribution in [0.1, 0.15) is 0 Å². The van der Waals surface area contributed by atoms with Gasteiger partial charge in [-0.1, -0.05) is 60.7 Å². The first-order valence-corrected chi connectivity index (χ1v) is 9.40. The zero-order chi connectivity index (χ0) is 16.4. The van der Waals surface area contributed by atoms with Crippen molar-refractivity contribution in [2.75, 3.05) is 0 Å². The molecule has 116 valence electrons. The molecular weight excluding hydrogens is 381 g/mol. The standard InChI is InChI=1S/C18H12BrF2OP/c19-15-11-17(21)18(12-16(15)20)23(22,13-7-3-1-4-8-13)14-9-5-2-6-10-14/h1-12H. The fourth-order valence-corrected chi connectivity index (χ4v) is 5.47. The van der Waals surface area contributed by atoms with E-state index in [-0.39, 0.29) is 9.78 Å². The molecule has 0 saturated carbocycles. The van der Waals surface area contributed by atoms with E-state index in [2.05, 4.69) is 15.9 Å². The topological polar surface area (TPSA) is 17.1 Å². The van der Waals surface area contributed by atoms with Crippen LogP contribution in [0.15, 0.2) is 77.3 Å². The molecule has 0 aliphatic carbocycles. The van der Waals surface area contributed by atoms with Gasteiger partial charge < -0.3 is 4.57 Å². The van der Waals surface area contributed by atoms with E-state index in [0.29, 0.717) is 10.6 Å². The first-order valence-electron chi connectivity index (χ1n) is 6.90. The maximum Gasteiger partial charge on any atom is 0.174 e. The number of halogens is 3. The van der Waals surface area contributed by atoms with Crippen molar-refractivity contribution in [3.8, 4) is 0 Å². The van der Waals surface area contributed by atoms with Crippen LogP contribution in [0, 0.1) is 11.6 Å². The Balaban J connectivity index is 2.35. The van der Waals surface area contributed by atoms with Crippen LogP contribution in [-0.4, -0.2) is 0 Å². The Kier molecular flexibility index (Phi) is 4.47. The highest BCUT2D eigenvalue weighted by Crippen LogP contribution is 2.43. The number of hydrogen-bond donors (Lipinski definition) is 0. The maximum absolute atomic E-state index is 14.5. The lowest BCUT2D eigenvalue weighted by Crippen LogP contribution is -2.27. The third kappa shape index (κ3) is 2.89. The first kappa shape index (κ1) is 16.1. The van der Waals surface area contributed by atoms with Crippen molar-refractivity contribution in [1.82, 2.24) is 0 Å². The highest BCUT2D eigenvalue weighted by molar-refractivity contribution is 9.10. The van der Waals surface area contributed by atoms with Gasteiger partial charge in [-0.15, -0.1) is 0 Å². The van der Waals surface area contributed by atoms with E-state index in [1.807, 2.05) is 0 Å². The monoisotopic (exact) mass is 392 g/mol. The largest absolute Gasteiger partial charge is 0.309 e. The summed E-state index contributed by atoms with van der Waals surface area (Å²) in [6, 6.07) is 19.2. The van der Waals surface area contributed by atoms with Crippen molar-refractivity contribution in [3.05, 3.63) is 88.9 Å². The molecule has 3 aromatic carbocycles. The van der Waals surface area contributed by atoms with Crippen LogP contribution in [0.3, 0.4) is 0 Å². The van der Waals surface area contributed by atoms with Gasteiger partial charge in [-0.2, -0.15) is 0 Å². The Bertz CT molecular complexity index is 839. The zero-order valence-electron chi connectivity index (χ0n) is 11.9. The van der Waals surface area contributed by atoms with Gasteiger partial charge in [0.05, 0.1) is 9.78 Å². The molecule has 0 N–H and O–H groups in total. The van der Waals surface area contributed by atoms with Gasteiger partial charge in [0.25, 0.3) is 0 Å². The summed E-state index contributed by atoms with van der Waals surface area (Å²) in [5.41, 5.74) is 0. The first-order chi connectivity index (χ1) is 11.0. The van der Waals surface area contributed by atoms with Gasteiger partial charge in [0, 0.05) is 10.6 Å². The van der Waals surface area contributed by atoms with Crippen molar-refractivity contribution < 1.29 is 13.3 Å². The Morgan fingerprint density at radius 2 is 1.22 bits per heavy atom. The van der Waals surface area contributed by atoms with Crippen molar-refractivity contribution in [3.63, 3.8) is 0 Å². The SMILES string of the molecule is O=P(c1ccccc1)(c1ccccc1)c1cc(F)c(Br)cc1F. The molecular formula is C18H12BrF2OP. The maximum atomic E-state index is 14.5. The van der Waals surface area contributed by atoms with Crippen LogP contribution in [0.4, 0.5) is 8.78 Å². The van der Waals surface area contributed by atoms with Crippen LogP contribution in [0.2, 0.25) is 0 Å². The van der Waals surface area contributed by atoms with E-state index >= 15 is 0 Å². The van der Waals surface area contributed by atoms with Gasteiger partial charge in [0.15, 0.2) is 7.14 Å². The molecule has 0 aliphatic rings. The molecule has 3 aromatic rings. The molecule has 0 amide bonds. The summed E-state index contributed by atoms with van der Waals surface area (Å²) in [7, 11) is -3.50. The van der Waals surface area contributed by atoms with E-state index in [9.17, 15) is 13.3 Å². The van der Waals surface area contributed by atoms with E-state index in [0.717, 1.165) is 12.1 Å². The van der Waals surface area contributed by atoms with Gasteiger partial charge in [-0.3, -0.25) is 0 Å². The smallest absolute Gasteiger partial charge is 0.174 e. The third-order valence-electron chi connectivity index (χ3n) is 3.57. The molecule has 1 nitrogen and oxygen atoms in total. The molecule has 0 fully saturated rings. The summed E-state index contributed by atoms with van der Waals surface area (Å²) in [4.78, 5) is 0. The minimum atomic E-state index is -3.50. The van der Waals surface area contributed by atoms with Crippen LogP contribution in [-0.2, 0) is 4.57 Å². The fraction of sp³-hybridized carbons (Fsp3) is 0. The lowest BCUT2D eigenvalue weighted by atomic mass is 10.3. The minimum Gasteiger partial charge on any atom is -0.309 e. The highest BCUT2D eigenvalue weighted by atomic mass is 79.9. The van der Waals surface area contributed by atoms with Gasteiger partial charge in [0.2, 0.25) is 0 Å². The van der Waals surface area contributed by atoms with Crippen LogP contribution in [0.25, 0.3) is 0 Å². The van der Waals surface area contributed by atoms with Gasteiger partial charge in [0.1, 0.15) is 11.6 Å². The van der Waals surface area contributed by atoms with E-state index in [1.165, 1.54) is 0 Å². The molecule has 0 atom stereocenters. The van der Waals surface area contributed by atoms with Crippen LogP contribution in [0.5, 0.6) is 0 Å². The number of hydrogen-bond acceptors (Lipinski definition) is 1. The molecule has 0 aliphatic heterocycles. The summed E-state index contributed by atoms with van der Waals surface area (Å²) in [6.45, 7) is 0. The Hall–Kier alpha value is -1.77. The predicted molar refractivity (Wildman–Crippen MR) is 93.5 cm³/mol. The Morgan fingerprint density at radius 3 is 1.70 bits per heavy atom. The van der Waals surface area contributed by atoms with Gasteiger partial charge >= 0.3 is 0 Å². The fourth-order valence-electron chi connectivity index (χ4n) is 2.46. The van der Waals surface area contributed by atoms with Crippen molar-refractivity contribution >= 4 is 39.0 Å². The van der Waals surface area contributed by atoms with Crippen molar-refractivity contribution in [2.45, 2.75) is 0 Å². The molecule has 0 bridgehead atoms. The molecule has 0 radical (unpaired) electrons. The molecule has 5 heteroatoms. The van der Waals surface area contributed by atoms with Crippen LogP contribution < -0.4 is 15.9 Å². The van der Waals surface area contributed by atoms with E-state index < -0.39 is 18.8 Å². The summed E-state index contributed by atoms with van der Waals surface area (Å²) in [5, 5.41) is 0.800. The predicted octanol–water partition coefficient (Wildman–Crippen LogP) is 4.37. The third-order valence-corrected chi connectivity index (χ3v) is 7.25. The Morgan fingerprint density at radius 1 is 0.739 bits per heavy atom. The lowest BCUT2D eigenvalue weighted by Gasteiger charge is -2.20. The van der Waals surface area contributed by atoms with Crippen LogP contribution >= 0.6 is 23.1 Å².